The molecule has 0 aliphatic heterocycles. The molecule has 1 aromatic carbocycles. The first-order valence-electron chi connectivity index (χ1n) is 6.09. The lowest BCUT2D eigenvalue weighted by molar-refractivity contribution is 0.307. The van der Waals surface area contributed by atoms with Crippen LogP contribution in [0.25, 0.3) is 10.1 Å². The highest BCUT2D eigenvalue weighted by Crippen LogP contribution is 2.29. The van der Waals surface area contributed by atoms with E-state index >= 15 is 0 Å². The van der Waals surface area contributed by atoms with Gasteiger partial charge in [-0.15, -0.1) is 11.3 Å². The summed E-state index contributed by atoms with van der Waals surface area (Å²) in [5, 5.41) is 3.37. The average Bonchev–Trinajstić information content (AvgIpc) is 2.89. The zero-order valence-electron chi connectivity index (χ0n) is 10.4. The van der Waals surface area contributed by atoms with Crippen molar-refractivity contribution in [3.8, 4) is 5.75 Å². The number of ether oxygens (including phenoxy) is 1. The van der Waals surface area contributed by atoms with E-state index in [0.29, 0.717) is 13.2 Å². The van der Waals surface area contributed by atoms with E-state index in [1.54, 1.807) is 23.7 Å². The molecule has 0 radical (unpaired) electrons. The van der Waals surface area contributed by atoms with Gasteiger partial charge in [0.2, 0.25) is 0 Å². The summed E-state index contributed by atoms with van der Waals surface area (Å²) in [5.41, 5.74) is 8.14. The molecule has 0 bridgehead atoms. The van der Waals surface area contributed by atoms with Crippen LogP contribution in [0.1, 0.15) is 11.1 Å². The molecule has 96 valence electrons. The highest BCUT2D eigenvalue weighted by molar-refractivity contribution is 7.17. The molecule has 3 aromatic rings. The van der Waals surface area contributed by atoms with E-state index in [1.807, 2.05) is 18.2 Å². The van der Waals surface area contributed by atoms with Gasteiger partial charge in [0.05, 0.1) is 6.20 Å². The molecule has 3 nitrogen and oxygen atoms in total. The smallest absolute Gasteiger partial charge is 0.138 e. The lowest BCUT2D eigenvalue weighted by atomic mass is 10.1. The van der Waals surface area contributed by atoms with Crippen LogP contribution in [0.2, 0.25) is 0 Å². The van der Waals surface area contributed by atoms with Gasteiger partial charge in [0.25, 0.3) is 0 Å². The van der Waals surface area contributed by atoms with Crippen molar-refractivity contribution in [2.24, 2.45) is 5.73 Å². The fourth-order valence-electron chi connectivity index (χ4n) is 2.04. The Kier molecular flexibility index (Phi) is 3.44. The average molecular weight is 270 g/mol. The van der Waals surface area contributed by atoms with Crippen molar-refractivity contribution >= 4 is 21.4 Å². The Morgan fingerprint density at radius 1 is 1.16 bits per heavy atom. The number of aromatic nitrogens is 1. The van der Waals surface area contributed by atoms with Crippen molar-refractivity contribution in [3.05, 3.63) is 59.2 Å². The van der Waals surface area contributed by atoms with E-state index in [4.69, 9.17) is 10.5 Å². The molecule has 0 saturated carbocycles. The Bertz CT molecular complexity index is 679. The van der Waals surface area contributed by atoms with Crippen LogP contribution in [0.4, 0.5) is 0 Å². The van der Waals surface area contributed by atoms with Crippen LogP contribution >= 0.6 is 11.3 Å². The van der Waals surface area contributed by atoms with Crippen LogP contribution < -0.4 is 10.5 Å². The van der Waals surface area contributed by atoms with E-state index in [1.165, 1.54) is 21.2 Å². The molecular formula is C15H14N2OS. The number of benzene rings is 1. The summed E-state index contributed by atoms with van der Waals surface area (Å²) in [6, 6.07) is 10.0. The molecule has 0 aliphatic rings. The first-order valence-corrected chi connectivity index (χ1v) is 6.97. The van der Waals surface area contributed by atoms with Gasteiger partial charge in [0, 0.05) is 23.0 Å². The van der Waals surface area contributed by atoms with Gasteiger partial charge in [-0.3, -0.25) is 4.98 Å². The van der Waals surface area contributed by atoms with Crippen LogP contribution in [-0.4, -0.2) is 4.98 Å². The van der Waals surface area contributed by atoms with Crippen molar-refractivity contribution in [1.29, 1.82) is 0 Å². The quantitative estimate of drug-likeness (QED) is 0.791. The Morgan fingerprint density at radius 2 is 2.11 bits per heavy atom. The second kappa shape index (κ2) is 5.38. The topological polar surface area (TPSA) is 48.1 Å². The predicted octanol–water partition coefficient (Wildman–Crippen LogP) is 3.33. The Balaban J connectivity index is 1.86. The molecule has 19 heavy (non-hydrogen) atoms. The molecule has 2 heterocycles. The van der Waals surface area contributed by atoms with Crippen molar-refractivity contribution in [3.63, 3.8) is 0 Å². The number of hydrogen-bond donors (Lipinski definition) is 1. The van der Waals surface area contributed by atoms with Crippen LogP contribution in [0, 0.1) is 0 Å². The summed E-state index contributed by atoms with van der Waals surface area (Å²) in [5.74, 6) is 0.789. The van der Waals surface area contributed by atoms with E-state index in [2.05, 4.69) is 22.5 Å². The van der Waals surface area contributed by atoms with Crippen molar-refractivity contribution in [2.75, 3.05) is 0 Å². The fourth-order valence-corrected chi connectivity index (χ4v) is 3.12. The first kappa shape index (κ1) is 12.1. The van der Waals surface area contributed by atoms with Gasteiger partial charge in [-0.25, -0.2) is 0 Å². The van der Waals surface area contributed by atoms with E-state index in [-0.39, 0.29) is 0 Å². The van der Waals surface area contributed by atoms with Crippen molar-refractivity contribution < 1.29 is 4.74 Å². The molecule has 0 spiro atoms. The number of nitrogens with zero attached hydrogens (tertiary/aromatic N) is 1. The first-order chi connectivity index (χ1) is 9.38. The molecule has 0 amide bonds. The summed E-state index contributed by atoms with van der Waals surface area (Å²) in [7, 11) is 0. The number of pyridine rings is 1. The minimum atomic E-state index is 0.555. The number of nitrogens with two attached hydrogens (primary N) is 1. The van der Waals surface area contributed by atoms with Crippen molar-refractivity contribution in [2.45, 2.75) is 13.2 Å². The van der Waals surface area contributed by atoms with Crippen LogP contribution in [0.5, 0.6) is 5.75 Å². The molecule has 2 aromatic heterocycles. The molecule has 2 N–H and O–H groups in total. The molecule has 0 unspecified atom stereocenters. The zero-order valence-corrected chi connectivity index (χ0v) is 11.2. The maximum atomic E-state index is 5.76. The van der Waals surface area contributed by atoms with Gasteiger partial charge in [0.15, 0.2) is 0 Å². The minimum absolute atomic E-state index is 0.555. The van der Waals surface area contributed by atoms with Crippen molar-refractivity contribution in [1.82, 2.24) is 4.98 Å². The second-order valence-corrected chi connectivity index (χ2v) is 5.12. The largest absolute Gasteiger partial charge is 0.487 e. The Labute approximate surface area is 115 Å². The van der Waals surface area contributed by atoms with Crippen LogP contribution in [-0.2, 0) is 13.2 Å². The molecule has 0 saturated heterocycles. The summed E-state index contributed by atoms with van der Waals surface area (Å²) in [4.78, 5) is 4.04. The van der Waals surface area contributed by atoms with Gasteiger partial charge >= 0.3 is 0 Å². The monoisotopic (exact) mass is 270 g/mol. The zero-order chi connectivity index (χ0) is 13.1. The Hall–Kier alpha value is -1.91. The lowest BCUT2D eigenvalue weighted by Gasteiger charge is -2.05. The summed E-state index contributed by atoms with van der Waals surface area (Å²) in [6.07, 6.45) is 3.46. The van der Waals surface area contributed by atoms with E-state index in [9.17, 15) is 0 Å². The van der Waals surface area contributed by atoms with Crippen LogP contribution in [0.15, 0.2) is 48.1 Å². The molecule has 0 fully saturated rings. The number of fused-ring (bicyclic) bond motifs is 1. The standard InChI is InChI=1S/C15H14N2OS/c16-7-11-3-1-5-14-12(10-19-15(11)14)9-18-13-4-2-6-17-8-13/h1-6,8,10H,7,9,16H2. The number of hydrogen-bond acceptors (Lipinski definition) is 4. The fraction of sp³-hybridized carbons (Fsp3) is 0.133. The summed E-state index contributed by atoms with van der Waals surface area (Å²) < 4.78 is 7.00. The highest BCUT2D eigenvalue weighted by Gasteiger charge is 2.07. The molecule has 0 atom stereocenters. The third-order valence-corrected chi connectivity index (χ3v) is 4.13. The maximum absolute atomic E-state index is 5.76. The second-order valence-electron chi connectivity index (χ2n) is 4.24. The Morgan fingerprint density at radius 3 is 2.89 bits per heavy atom. The van der Waals surface area contributed by atoms with Gasteiger partial charge < -0.3 is 10.5 Å². The molecule has 3 rings (SSSR count). The van der Waals surface area contributed by atoms with E-state index in [0.717, 1.165) is 5.75 Å². The van der Waals surface area contributed by atoms with Gasteiger partial charge in [-0.2, -0.15) is 0 Å². The van der Waals surface area contributed by atoms with Gasteiger partial charge in [0.1, 0.15) is 12.4 Å². The van der Waals surface area contributed by atoms with Crippen LogP contribution in [0.3, 0.4) is 0 Å². The molecule has 0 aliphatic carbocycles. The SMILES string of the molecule is NCc1cccc2c(COc3cccnc3)csc12. The van der Waals surface area contributed by atoms with E-state index < -0.39 is 0 Å². The third kappa shape index (κ3) is 2.45. The molecular weight excluding hydrogens is 256 g/mol. The third-order valence-electron chi connectivity index (χ3n) is 3.01. The number of thiophene rings is 1. The number of rotatable bonds is 4. The highest BCUT2D eigenvalue weighted by atomic mass is 32.1. The predicted molar refractivity (Wildman–Crippen MR) is 78.3 cm³/mol. The minimum Gasteiger partial charge on any atom is -0.487 e. The maximum Gasteiger partial charge on any atom is 0.138 e. The van der Waals surface area contributed by atoms with Gasteiger partial charge in [-0.1, -0.05) is 18.2 Å². The normalized spacial score (nSPS) is 10.8. The lowest BCUT2D eigenvalue weighted by Crippen LogP contribution is -1.97. The summed E-state index contributed by atoms with van der Waals surface area (Å²) >= 11 is 1.72. The van der Waals surface area contributed by atoms with Gasteiger partial charge in [-0.05, 0) is 28.5 Å². The molecule has 4 heteroatoms. The summed E-state index contributed by atoms with van der Waals surface area (Å²) in [6.45, 7) is 1.13.